The molecule has 0 N–H and O–H groups in total. The Balaban J connectivity index is 1.05. The van der Waals surface area contributed by atoms with Gasteiger partial charge in [-0.2, -0.15) is 0 Å². The van der Waals surface area contributed by atoms with Crippen molar-refractivity contribution in [3.8, 4) is 67.0 Å². The third-order valence-corrected chi connectivity index (χ3v) is 12.5. The van der Waals surface area contributed by atoms with Crippen LogP contribution in [0.3, 0.4) is 0 Å². The monoisotopic (exact) mass is 788 g/mol. The van der Waals surface area contributed by atoms with E-state index in [9.17, 15) is 0 Å². The number of fused-ring (bicyclic) bond motifs is 6. The van der Waals surface area contributed by atoms with Gasteiger partial charge in [-0.1, -0.05) is 164 Å². The van der Waals surface area contributed by atoms with Gasteiger partial charge in [0, 0.05) is 32.9 Å². The van der Waals surface area contributed by atoms with Crippen LogP contribution in [0, 0.1) is 0 Å². The second-order valence-electron chi connectivity index (χ2n) is 16.2. The summed E-state index contributed by atoms with van der Waals surface area (Å²) in [5.41, 5.74) is 19.1. The number of benzene rings is 10. The Morgan fingerprint density at radius 3 is 1.11 bits per heavy atom. The van der Waals surface area contributed by atoms with Crippen molar-refractivity contribution in [1.29, 1.82) is 0 Å². The van der Waals surface area contributed by atoms with E-state index < -0.39 is 0 Å². The van der Waals surface area contributed by atoms with Gasteiger partial charge in [-0.25, -0.2) is 0 Å². The minimum atomic E-state index is 1.13. The summed E-state index contributed by atoms with van der Waals surface area (Å²) in [5, 5.41) is 4.95. The first kappa shape index (κ1) is 35.7. The maximum atomic E-state index is 2.45. The predicted molar refractivity (Wildman–Crippen MR) is 262 cm³/mol. The molecule has 2 heterocycles. The molecule has 0 radical (unpaired) electrons. The highest BCUT2D eigenvalue weighted by atomic mass is 15.0. The van der Waals surface area contributed by atoms with E-state index in [-0.39, 0.29) is 0 Å². The summed E-state index contributed by atoms with van der Waals surface area (Å²) in [6.07, 6.45) is 0. The van der Waals surface area contributed by atoms with Crippen LogP contribution in [0.2, 0.25) is 0 Å². The Bertz CT molecular complexity index is 3520. The lowest BCUT2D eigenvalue weighted by Gasteiger charge is -2.12. The molecule has 12 aromatic rings. The number of nitrogens with zero attached hydrogens (tertiary/aromatic N) is 2. The van der Waals surface area contributed by atoms with E-state index in [4.69, 9.17) is 0 Å². The van der Waals surface area contributed by atoms with Crippen LogP contribution >= 0.6 is 0 Å². The highest BCUT2D eigenvalue weighted by molar-refractivity contribution is 6.13. The van der Waals surface area contributed by atoms with Crippen molar-refractivity contribution in [3.63, 3.8) is 0 Å². The van der Waals surface area contributed by atoms with Gasteiger partial charge in [-0.05, 0) is 134 Å². The average Bonchev–Trinajstić information content (AvgIpc) is 3.86. The van der Waals surface area contributed by atoms with E-state index in [2.05, 4.69) is 252 Å². The molecule has 0 fully saturated rings. The van der Waals surface area contributed by atoms with Gasteiger partial charge in [0.1, 0.15) is 0 Å². The normalized spacial score (nSPS) is 11.5. The second kappa shape index (κ2) is 14.8. The van der Waals surface area contributed by atoms with Gasteiger partial charge in [-0.3, -0.25) is 0 Å². The van der Waals surface area contributed by atoms with Crippen molar-refractivity contribution < 1.29 is 0 Å². The molecule has 0 bridgehead atoms. The van der Waals surface area contributed by atoms with E-state index in [1.165, 1.54) is 99.2 Å². The van der Waals surface area contributed by atoms with Gasteiger partial charge in [0.15, 0.2) is 0 Å². The molecule has 0 aliphatic heterocycles. The molecule has 0 atom stereocenters. The number of aromatic nitrogens is 2. The Labute approximate surface area is 360 Å². The van der Waals surface area contributed by atoms with Gasteiger partial charge < -0.3 is 9.13 Å². The Kier molecular flexibility index (Phi) is 8.53. The van der Waals surface area contributed by atoms with Gasteiger partial charge >= 0.3 is 0 Å². The number of hydrogen-bond acceptors (Lipinski definition) is 0. The van der Waals surface area contributed by atoms with Crippen molar-refractivity contribution in [1.82, 2.24) is 9.13 Å². The van der Waals surface area contributed by atoms with Gasteiger partial charge in [-0.15, -0.1) is 0 Å². The van der Waals surface area contributed by atoms with Crippen molar-refractivity contribution in [2.45, 2.75) is 0 Å². The molecule has 62 heavy (non-hydrogen) atoms. The first-order valence-electron chi connectivity index (χ1n) is 21.3. The molecule has 2 aromatic heterocycles. The maximum absolute atomic E-state index is 2.45. The molecule has 0 saturated carbocycles. The largest absolute Gasteiger partial charge is 0.309 e. The molecule has 10 aromatic carbocycles. The molecule has 0 spiro atoms. The summed E-state index contributed by atoms with van der Waals surface area (Å²) in [4.78, 5) is 0. The van der Waals surface area contributed by atoms with E-state index in [0.717, 1.165) is 11.4 Å². The van der Waals surface area contributed by atoms with Gasteiger partial charge in [0.2, 0.25) is 0 Å². The van der Waals surface area contributed by atoms with Crippen LogP contribution in [0.1, 0.15) is 0 Å². The zero-order valence-corrected chi connectivity index (χ0v) is 34.0. The Morgan fingerprint density at radius 2 is 0.532 bits per heavy atom. The third kappa shape index (κ3) is 6.12. The molecule has 0 unspecified atom stereocenters. The van der Waals surface area contributed by atoms with E-state index in [1.807, 2.05) is 0 Å². The molecule has 0 saturated heterocycles. The fourth-order valence-electron chi connectivity index (χ4n) is 9.49. The number of para-hydroxylation sites is 2. The van der Waals surface area contributed by atoms with Crippen LogP contribution < -0.4 is 0 Å². The van der Waals surface area contributed by atoms with Crippen LogP contribution in [-0.2, 0) is 0 Å². The summed E-state index contributed by atoms with van der Waals surface area (Å²) in [7, 11) is 0. The van der Waals surface area contributed by atoms with Crippen molar-refractivity contribution in [3.05, 3.63) is 243 Å². The molecule has 290 valence electrons. The highest BCUT2D eigenvalue weighted by Gasteiger charge is 2.18. The molecule has 2 heteroatoms. The lowest BCUT2D eigenvalue weighted by atomic mass is 9.93. The maximum Gasteiger partial charge on any atom is 0.0547 e. The summed E-state index contributed by atoms with van der Waals surface area (Å²) < 4.78 is 4.83. The molecular formula is C60H40N2. The minimum absolute atomic E-state index is 1.13. The smallest absolute Gasteiger partial charge is 0.0547 e. The highest BCUT2D eigenvalue weighted by Crippen LogP contribution is 2.41. The van der Waals surface area contributed by atoms with Crippen LogP contribution in [0.5, 0.6) is 0 Å². The predicted octanol–water partition coefficient (Wildman–Crippen LogP) is 16.2. The van der Waals surface area contributed by atoms with Crippen LogP contribution in [0.25, 0.3) is 111 Å². The molecule has 12 rings (SSSR count). The van der Waals surface area contributed by atoms with Crippen molar-refractivity contribution in [2.24, 2.45) is 0 Å². The first-order valence-corrected chi connectivity index (χ1v) is 21.3. The molecule has 2 nitrogen and oxygen atoms in total. The van der Waals surface area contributed by atoms with E-state index in [0.29, 0.717) is 0 Å². The Morgan fingerprint density at radius 1 is 0.177 bits per heavy atom. The van der Waals surface area contributed by atoms with Crippen LogP contribution in [0.15, 0.2) is 243 Å². The van der Waals surface area contributed by atoms with E-state index >= 15 is 0 Å². The van der Waals surface area contributed by atoms with Crippen LogP contribution in [0.4, 0.5) is 0 Å². The second-order valence-corrected chi connectivity index (χ2v) is 16.2. The third-order valence-electron chi connectivity index (χ3n) is 12.5. The summed E-state index contributed by atoms with van der Waals surface area (Å²) >= 11 is 0. The minimum Gasteiger partial charge on any atom is -0.309 e. The summed E-state index contributed by atoms with van der Waals surface area (Å²) in [6.45, 7) is 0. The zero-order valence-electron chi connectivity index (χ0n) is 34.0. The first-order chi connectivity index (χ1) is 30.7. The summed E-state index contributed by atoms with van der Waals surface area (Å²) in [6, 6.07) is 88.5. The molecule has 0 aliphatic rings. The zero-order chi connectivity index (χ0) is 41.0. The molecular weight excluding hydrogens is 749 g/mol. The fourth-order valence-corrected chi connectivity index (χ4v) is 9.49. The van der Waals surface area contributed by atoms with Gasteiger partial charge in [0.05, 0.1) is 22.1 Å². The number of hydrogen-bond donors (Lipinski definition) is 0. The fraction of sp³-hybridized carbons (Fsp3) is 0. The molecule has 0 amide bonds. The quantitative estimate of drug-likeness (QED) is 0.152. The average molecular weight is 789 g/mol. The topological polar surface area (TPSA) is 9.86 Å². The van der Waals surface area contributed by atoms with Gasteiger partial charge in [0.25, 0.3) is 0 Å². The van der Waals surface area contributed by atoms with E-state index in [1.54, 1.807) is 0 Å². The lowest BCUT2D eigenvalue weighted by molar-refractivity contribution is 1.18. The lowest BCUT2D eigenvalue weighted by Crippen LogP contribution is -1.94. The van der Waals surface area contributed by atoms with Crippen molar-refractivity contribution in [2.75, 3.05) is 0 Å². The SMILES string of the molecule is c1ccc(-c2ccc(-n3c4ccc(-c5cc(-c6ccccc6)cc(-c6ccccc6)c5)cc4c4ccc(-c5ccc6c(c5)c5ccccc5n6-c5ccccc5)cc43)cc2)cc1. The summed E-state index contributed by atoms with van der Waals surface area (Å²) in [5.74, 6) is 0. The molecule has 0 aliphatic carbocycles. The standard InChI is InChI=1S/C60H40N2/c1-5-15-41(16-6-1)44-25-30-52(31-26-44)62-59-34-29-46(50-36-48(42-17-7-2-8-18-42)35-49(37-50)43-19-9-3-10-20-43)39-56(59)54-32-27-47(40-60(54)62)45-28-33-58-55(38-45)53-23-13-14-24-57(53)61(58)51-21-11-4-12-22-51/h1-40H. The van der Waals surface area contributed by atoms with Crippen molar-refractivity contribution >= 4 is 43.6 Å². The number of rotatable bonds is 7. The Hall–Kier alpha value is -8.20. The van der Waals surface area contributed by atoms with Crippen LogP contribution in [-0.4, -0.2) is 9.13 Å².